The highest BCUT2D eigenvalue weighted by Gasteiger charge is 2.15. The summed E-state index contributed by atoms with van der Waals surface area (Å²) in [5.41, 5.74) is 0.951. The van der Waals surface area contributed by atoms with Crippen molar-refractivity contribution >= 4 is 11.6 Å². The van der Waals surface area contributed by atoms with Crippen LogP contribution in [0.2, 0.25) is 5.02 Å². The second-order valence-corrected chi connectivity index (χ2v) is 5.97. The first-order valence-electron chi connectivity index (χ1n) is 8.17. The van der Waals surface area contributed by atoms with Gasteiger partial charge in [-0.15, -0.1) is 15.2 Å². The number of benzene rings is 1. The van der Waals surface area contributed by atoms with Gasteiger partial charge in [0.25, 0.3) is 0 Å². The Labute approximate surface area is 150 Å². The Balaban J connectivity index is 2.01. The lowest BCUT2D eigenvalue weighted by atomic mass is 10.1. The summed E-state index contributed by atoms with van der Waals surface area (Å²) >= 11 is 5.94. The van der Waals surface area contributed by atoms with Crippen LogP contribution in [0.15, 0.2) is 30.6 Å². The number of nitrogens with zero attached hydrogens (tertiary/aromatic N) is 4. The van der Waals surface area contributed by atoms with Gasteiger partial charge in [0.15, 0.2) is 0 Å². The number of unbranched alkanes of at least 4 members (excludes halogenated alkanes) is 3. The van der Waals surface area contributed by atoms with E-state index >= 15 is 0 Å². The molecule has 8 nitrogen and oxygen atoms in total. The maximum absolute atomic E-state index is 10.3. The molecule has 1 atom stereocenters. The SMILES string of the molecule is CCCCCCOC(Cn1cnc(O[N+](=O)[O-])n1)c1ccc(Cl)cc1. The molecular formula is C16H21ClN4O4. The van der Waals surface area contributed by atoms with Crippen molar-refractivity contribution in [2.45, 2.75) is 45.3 Å². The average molecular weight is 369 g/mol. The molecular weight excluding hydrogens is 348 g/mol. The Kier molecular flexibility index (Phi) is 7.62. The van der Waals surface area contributed by atoms with Crippen LogP contribution in [0.25, 0.3) is 0 Å². The molecule has 0 radical (unpaired) electrons. The monoisotopic (exact) mass is 368 g/mol. The lowest BCUT2D eigenvalue weighted by Gasteiger charge is -2.18. The molecule has 1 heterocycles. The molecule has 25 heavy (non-hydrogen) atoms. The maximum atomic E-state index is 10.3. The predicted octanol–water partition coefficient (Wildman–Crippen LogP) is 3.84. The van der Waals surface area contributed by atoms with Crippen molar-refractivity contribution in [3.63, 3.8) is 0 Å². The van der Waals surface area contributed by atoms with E-state index in [9.17, 15) is 10.1 Å². The van der Waals surface area contributed by atoms with Gasteiger partial charge >= 0.3 is 11.1 Å². The zero-order valence-electron chi connectivity index (χ0n) is 14.0. The zero-order valence-corrected chi connectivity index (χ0v) is 14.8. The first-order chi connectivity index (χ1) is 12.1. The Morgan fingerprint density at radius 3 is 2.72 bits per heavy atom. The van der Waals surface area contributed by atoms with E-state index in [1.165, 1.54) is 23.9 Å². The fourth-order valence-corrected chi connectivity index (χ4v) is 2.46. The lowest BCUT2D eigenvalue weighted by Crippen LogP contribution is -2.14. The van der Waals surface area contributed by atoms with Crippen LogP contribution in [-0.4, -0.2) is 26.5 Å². The highest BCUT2D eigenvalue weighted by atomic mass is 35.5. The minimum absolute atomic E-state index is 0.260. The number of halogens is 1. The Morgan fingerprint density at radius 2 is 2.04 bits per heavy atom. The molecule has 0 saturated carbocycles. The summed E-state index contributed by atoms with van der Waals surface area (Å²) < 4.78 is 7.46. The Morgan fingerprint density at radius 1 is 1.28 bits per heavy atom. The molecule has 1 aromatic heterocycles. The van der Waals surface area contributed by atoms with Crippen LogP contribution in [0.4, 0.5) is 0 Å². The summed E-state index contributed by atoms with van der Waals surface area (Å²) in [5.74, 6) is 0. The predicted molar refractivity (Wildman–Crippen MR) is 91.9 cm³/mol. The molecule has 0 saturated heterocycles. The number of aromatic nitrogens is 3. The molecule has 2 aromatic rings. The van der Waals surface area contributed by atoms with Gasteiger partial charge in [-0.25, -0.2) is 9.52 Å². The van der Waals surface area contributed by atoms with Crippen LogP contribution in [0, 0.1) is 10.1 Å². The van der Waals surface area contributed by atoms with E-state index in [2.05, 4.69) is 21.8 Å². The molecule has 0 spiro atoms. The summed E-state index contributed by atoms with van der Waals surface area (Å²) in [6.07, 6.45) is 5.56. The van der Waals surface area contributed by atoms with Crippen LogP contribution in [0.5, 0.6) is 6.01 Å². The van der Waals surface area contributed by atoms with Crippen LogP contribution in [-0.2, 0) is 11.3 Å². The Hall–Kier alpha value is -2.19. The second kappa shape index (κ2) is 9.95. The molecule has 0 amide bonds. The number of ether oxygens (including phenoxy) is 1. The fourth-order valence-electron chi connectivity index (χ4n) is 2.33. The van der Waals surface area contributed by atoms with E-state index in [1.807, 2.05) is 12.1 Å². The summed E-state index contributed by atoms with van der Waals surface area (Å²) in [4.78, 5) is 18.3. The molecule has 0 aliphatic heterocycles. The lowest BCUT2D eigenvalue weighted by molar-refractivity contribution is -0.713. The number of hydrogen-bond acceptors (Lipinski definition) is 6. The molecule has 1 aromatic carbocycles. The van der Waals surface area contributed by atoms with Crippen molar-refractivity contribution in [2.75, 3.05) is 6.61 Å². The van der Waals surface area contributed by atoms with Gasteiger partial charge in [0.2, 0.25) is 0 Å². The van der Waals surface area contributed by atoms with Crippen LogP contribution in [0.1, 0.15) is 44.3 Å². The van der Waals surface area contributed by atoms with E-state index in [1.54, 1.807) is 12.1 Å². The van der Waals surface area contributed by atoms with Gasteiger partial charge in [-0.2, -0.15) is 4.98 Å². The highest BCUT2D eigenvalue weighted by molar-refractivity contribution is 6.30. The van der Waals surface area contributed by atoms with Gasteiger partial charge in [0.1, 0.15) is 12.4 Å². The van der Waals surface area contributed by atoms with Crippen LogP contribution in [0.3, 0.4) is 0 Å². The molecule has 0 N–H and O–H groups in total. The standard InChI is InChI=1S/C16H21ClN4O4/c1-2-3-4-5-10-24-15(13-6-8-14(17)9-7-13)11-20-12-18-16(19-20)25-21(22)23/h6-9,12,15H,2-5,10-11H2,1H3. The van der Waals surface area contributed by atoms with E-state index in [4.69, 9.17) is 16.3 Å². The van der Waals surface area contributed by atoms with Gasteiger partial charge in [-0.3, -0.25) is 0 Å². The first-order valence-corrected chi connectivity index (χ1v) is 8.55. The van der Waals surface area contributed by atoms with Crippen molar-refractivity contribution in [3.8, 4) is 6.01 Å². The van der Waals surface area contributed by atoms with Crippen LogP contribution < -0.4 is 4.84 Å². The molecule has 1 unspecified atom stereocenters. The molecule has 0 fully saturated rings. The van der Waals surface area contributed by atoms with E-state index < -0.39 is 5.09 Å². The minimum atomic E-state index is -0.944. The van der Waals surface area contributed by atoms with Gasteiger partial charge in [-0.1, -0.05) is 49.9 Å². The van der Waals surface area contributed by atoms with Gasteiger partial charge in [0, 0.05) is 11.6 Å². The second-order valence-electron chi connectivity index (χ2n) is 5.54. The summed E-state index contributed by atoms with van der Waals surface area (Å²) in [7, 11) is 0. The molecule has 0 bridgehead atoms. The third-order valence-electron chi connectivity index (χ3n) is 3.58. The van der Waals surface area contributed by atoms with Crippen LogP contribution >= 0.6 is 11.6 Å². The van der Waals surface area contributed by atoms with E-state index in [-0.39, 0.29) is 12.1 Å². The molecule has 136 valence electrons. The smallest absolute Gasteiger partial charge is 0.327 e. The average Bonchev–Trinajstić information content (AvgIpc) is 3.00. The van der Waals surface area contributed by atoms with Crippen molar-refractivity contribution < 1.29 is 14.7 Å². The third kappa shape index (κ3) is 6.67. The summed E-state index contributed by atoms with van der Waals surface area (Å²) in [5, 5.41) is 14.0. The normalized spacial score (nSPS) is 12.1. The fraction of sp³-hybridized carbons (Fsp3) is 0.500. The number of hydrogen-bond donors (Lipinski definition) is 0. The molecule has 9 heteroatoms. The van der Waals surface area contributed by atoms with Crippen molar-refractivity contribution in [2.24, 2.45) is 0 Å². The van der Waals surface area contributed by atoms with Gasteiger partial charge in [0.05, 0.1) is 6.54 Å². The number of rotatable bonds is 11. The maximum Gasteiger partial charge on any atom is 0.327 e. The van der Waals surface area contributed by atoms with Crippen molar-refractivity contribution in [3.05, 3.63) is 51.3 Å². The quantitative estimate of drug-likeness (QED) is 0.340. The van der Waals surface area contributed by atoms with E-state index in [0.717, 1.165) is 18.4 Å². The summed E-state index contributed by atoms with van der Waals surface area (Å²) in [6, 6.07) is 7.08. The zero-order chi connectivity index (χ0) is 18.1. The first kappa shape index (κ1) is 19.1. The molecule has 0 aliphatic carbocycles. The minimum Gasteiger partial charge on any atom is -0.372 e. The van der Waals surface area contributed by atoms with Gasteiger partial charge < -0.3 is 4.74 Å². The van der Waals surface area contributed by atoms with Gasteiger partial charge in [-0.05, 0) is 24.1 Å². The van der Waals surface area contributed by atoms with Crippen molar-refractivity contribution in [1.29, 1.82) is 0 Å². The highest BCUT2D eigenvalue weighted by Crippen LogP contribution is 2.22. The van der Waals surface area contributed by atoms with Crippen molar-refractivity contribution in [1.82, 2.24) is 14.8 Å². The summed E-state index contributed by atoms with van der Waals surface area (Å²) in [6.45, 7) is 3.15. The third-order valence-corrected chi connectivity index (χ3v) is 3.84. The molecule has 2 rings (SSSR count). The van der Waals surface area contributed by atoms with E-state index in [0.29, 0.717) is 18.2 Å². The molecule has 0 aliphatic rings. The largest absolute Gasteiger partial charge is 0.372 e. The topological polar surface area (TPSA) is 92.3 Å². The Bertz CT molecular complexity index is 662.